The summed E-state index contributed by atoms with van der Waals surface area (Å²) in [4.78, 5) is 24.9. The molecule has 0 amide bonds. The van der Waals surface area contributed by atoms with E-state index in [4.69, 9.17) is 4.74 Å². The van der Waals surface area contributed by atoms with E-state index in [9.17, 15) is 9.59 Å². The average Bonchev–Trinajstić information content (AvgIpc) is 2.54. The van der Waals surface area contributed by atoms with Crippen LogP contribution in [0.2, 0.25) is 0 Å². The fourth-order valence-electron chi connectivity index (χ4n) is 3.69. The van der Waals surface area contributed by atoms with E-state index in [1.54, 1.807) is 0 Å². The Morgan fingerprint density at radius 3 is 2.33 bits per heavy atom. The van der Waals surface area contributed by atoms with E-state index in [2.05, 4.69) is 26.1 Å². The summed E-state index contributed by atoms with van der Waals surface area (Å²) in [6, 6.07) is -0.388. The Labute approximate surface area is 148 Å². The van der Waals surface area contributed by atoms with Gasteiger partial charge in [0.2, 0.25) is 0 Å². The Bertz CT molecular complexity index is 408. The number of esters is 1. The van der Waals surface area contributed by atoms with Gasteiger partial charge in [0.1, 0.15) is 11.8 Å². The van der Waals surface area contributed by atoms with Crippen molar-refractivity contribution in [1.82, 2.24) is 5.32 Å². The Balaban J connectivity index is 2.59. The molecule has 0 bridgehead atoms. The van der Waals surface area contributed by atoms with Crippen molar-refractivity contribution in [3.05, 3.63) is 0 Å². The monoisotopic (exact) mass is 339 g/mol. The van der Waals surface area contributed by atoms with Gasteiger partial charge in [0.25, 0.3) is 0 Å². The van der Waals surface area contributed by atoms with Crippen LogP contribution >= 0.6 is 0 Å². The molecule has 1 rings (SSSR count). The minimum absolute atomic E-state index is 0.0754. The zero-order chi connectivity index (χ0) is 18.3. The summed E-state index contributed by atoms with van der Waals surface area (Å²) in [5.41, 5.74) is 0. The lowest BCUT2D eigenvalue weighted by atomic mass is 9.68. The van der Waals surface area contributed by atoms with Crippen molar-refractivity contribution in [3.63, 3.8) is 0 Å². The van der Waals surface area contributed by atoms with Crippen LogP contribution in [0.5, 0.6) is 0 Å². The summed E-state index contributed by atoms with van der Waals surface area (Å²) in [6.45, 7) is 12.8. The third kappa shape index (κ3) is 6.19. The number of carbonyl (C=O) groups excluding carboxylic acids is 2. The van der Waals surface area contributed by atoms with Crippen LogP contribution in [0.25, 0.3) is 0 Å². The fraction of sp³-hybridized carbons (Fsp3) is 0.900. The van der Waals surface area contributed by atoms with Crippen LogP contribution < -0.4 is 5.32 Å². The molecule has 4 nitrogen and oxygen atoms in total. The maximum absolute atomic E-state index is 12.8. The SMILES string of the molecule is CCC(C)OC(=O)[C@@H](CC)NCC(=O)[C@@H]1C[C@H](C)CC[C@H]1C(C)C. The van der Waals surface area contributed by atoms with Crippen LogP contribution in [0.1, 0.15) is 73.6 Å². The number of carbonyl (C=O) groups is 2. The number of hydrogen-bond donors (Lipinski definition) is 1. The quantitative estimate of drug-likeness (QED) is 0.646. The van der Waals surface area contributed by atoms with Gasteiger partial charge in [-0.1, -0.05) is 41.0 Å². The van der Waals surface area contributed by atoms with Crippen molar-refractivity contribution < 1.29 is 14.3 Å². The number of nitrogens with one attached hydrogen (secondary N) is 1. The predicted octanol–water partition coefficient (Wildman–Crippen LogP) is 3.97. The molecule has 1 aliphatic carbocycles. The second-order valence-electron chi connectivity index (χ2n) is 7.90. The lowest BCUT2D eigenvalue weighted by Gasteiger charge is -2.36. The van der Waals surface area contributed by atoms with Gasteiger partial charge in [0, 0.05) is 5.92 Å². The van der Waals surface area contributed by atoms with E-state index in [1.807, 2.05) is 20.8 Å². The molecule has 0 aromatic heterocycles. The first-order valence-corrected chi connectivity index (χ1v) is 9.76. The Kier molecular flexibility index (Phi) is 8.96. The molecular weight excluding hydrogens is 302 g/mol. The lowest BCUT2D eigenvalue weighted by Crippen LogP contribution is -2.44. The fourth-order valence-corrected chi connectivity index (χ4v) is 3.69. The number of hydrogen-bond acceptors (Lipinski definition) is 4. The number of Topliss-reactive ketones (excluding diaryl/α,β-unsaturated/α-hetero) is 1. The molecule has 5 atom stereocenters. The molecule has 0 saturated heterocycles. The zero-order valence-electron chi connectivity index (χ0n) is 16.4. The van der Waals surface area contributed by atoms with E-state index < -0.39 is 0 Å². The van der Waals surface area contributed by atoms with E-state index in [0.29, 0.717) is 24.2 Å². The molecule has 1 saturated carbocycles. The Hall–Kier alpha value is -0.900. The molecule has 0 aromatic rings. The van der Waals surface area contributed by atoms with Gasteiger partial charge < -0.3 is 4.74 Å². The second-order valence-corrected chi connectivity index (χ2v) is 7.90. The van der Waals surface area contributed by atoms with Crippen LogP contribution in [0.3, 0.4) is 0 Å². The minimum atomic E-state index is -0.388. The van der Waals surface area contributed by atoms with E-state index in [-0.39, 0.29) is 36.4 Å². The molecule has 140 valence electrons. The molecule has 24 heavy (non-hydrogen) atoms. The molecule has 1 fully saturated rings. The summed E-state index contributed by atoms with van der Waals surface area (Å²) < 4.78 is 5.39. The van der Waals surface area contributed by atoms with Crippen LogP contribution in [0, 0.1) is 23.7 Å². The van der Waals surface area contributed by atoms with E-state index in [0.717, 1.165) is 19.3 Å². The average molecular weight is 340 g/mol. The number of ether oxygens (including phenoxy) is 1. The summed E-state index contributed by atoms with van der Waals surface area (Å²) in [6.07, 6.45) is 4.71. The van der Waals surface area contributed by atoms with Crippen LogP contribution in [-0.2, 0) is 14.3 Å². The first-order chi connectivity index (χ1) is 11.3. The van der Waals surface area contributed by atoms with Gasteiger partial charge in [-0.2, -0.15) is 0 Å². The van der Waals surface area contributed by atoms with Gasteiger partial charge >= 0.3 is 5.97 Å². The smallest absolute Gasteiger partial charge is 0.323 e. The molecule has 1 unspecified atom stereocenters. The number of rotatable bonds is 9. The molecule has 0 aromatic carbocycles. The van der Waals surface area contributed by atoms with Gasteiger partial charge in [-0.15, -0.1) is 0 Å². The number of ketones is 1. The highest BCUT2D eigenvalue weighted by molar-refractivity contribution is 5.84. The van der Waals surface area contributed by atoms with Gasteiger partial charge in [-0.3, -0.25) is 14.9 Å². The van der Waals surface area contributed by atoms with Crippen LogP contribution in [0.15, 0.2) is 0 Å². The third-order valence-electron chi connectivity index (χ3n) is 5.54. The van der Waals surface area contributed by atoms with Crippen molar-refractivity contribution >= 4 is 11.8 Å². The Morgan fingerprint density at radius 2 is 1.79 bits per heavy atom. The molecule has 4 heteroatoms. The summed E-state index contributed by atoms with van der Waals surface area (Å²) in [5.74, 6) is 1.77. The molecule has 1 N–H and O–H groups in total. The van der Waals surface area contributed by atoms with Crippen LogP contribution in [0.4, 0.5) is 0 Å². The molecule has 0 spiro atoms. The highest BCUT2D eigenvalue weighted by Crippen LogP contribution is 2.38. The predicted molar refractivity (Wildman–Crippen MR) is 97.8 cm³/mol. The van der Waals surface area contributed by atoms with Crippen molar-refractivity contribution in [2.45, 2.75) is 85.8 Å². The summed E-state index contributed by atoms with van der Waals surface area (Å²) >= 11 is 0. The maximum Gasteiger partial charge on any atom is 0.323 e. The van der Waals surface area contributed by atoms with Gasteiger partial charge in [0.15, 0.2) is 0 Å². The van der Waals surface area contributed by atoms with E-state index in [1.165, 1.54) is 6.42 Å². The highest BCUT2D eigenvalue weighted by atomic mass is 16.5. The van der Waals surface area contributed by atoms with Gasteiger partial charge in [0.05, 0.1) is 12.6 Å². The molecule has 0 aliphatic heterocycles. The molecule has 0 radical (unpaired) electrons. The molecule has 0 heterocycles. The maximum atomic E-state index is 12.8. The second kappa shape index (κ2) is 10.2. The molecular formula is C20H37NO3. The van der Waals surface area contributed by atoms with Crippen molar-refractivity contribution in [3.8, 4) is 0 Å². The first kappa shape index (κ1) is 21.1. The molecule has 1 aliphatic rings. The van der Waals surface area contributed by atoms with E-state index >= 15 is 0 Å². The lowest BCUT2D eigenvalue weighted by molar-refractivity contribution is -0.151. The normalized spacial score (nSPS) is 26.9. The van der Waals surface area contributed by atoms with Gasteiger partial charge in [-0.05, 0) is 50.4 Å². The third-order valence-corrected chi connectivity index (χ3v) is 5.54. The van der Waals surface area contributed by atoms with Gasteiger partial charge in [-0.25, -0.2) is 0 Å². The standard InChI is InChI=1S/C20H37NO3/c1-7-15(6)24-20(23)18(8-2)21-12-19(22)17-11-14(5)9-10-16(17)13(3)4/h13-18,21H,7-12H2,1-6H3/t14-,15?,16+,17-,18-/m1/s1. The zero-order valence-corrected chi connectivity index (χ0v) is 16.4. The van der Waals surface area contributed by atoms with Crippen molar-refractivity contribution in [2.24, 2.45) is 23.7 Å². The first-order valence-electron chi connectivity index (χ1n) is 9.76. The topological polar surface area (TPSA) is 55.4 Å². The highest BCUT2D eigenvalue weighted by Gasteiger charge is 2.35. The minimum Gasteiger partial charge on any atom is -0.462 e. The largest absolute Gasteiger partial charge is 0.462 e. The summed E-state index contributed by atoms with van der Waals surface area (Å²) in [5, 5.41) is 3.15. The van der Waals surface area contributed by atoms with Crippen molar-refractivity contribution in [2.75, 3.05) is 6.54 Å². The Morgan fingerprint density at radius 1 is 1.12 bits per heavy atom. The summed E-state index contributed by atoms with van der Waals surface area (Å²) in [7, 11) is 0. The van der Waals surface area contributed by atoms with Crippen molar-refractivity contribution in [1.29, 1.82) is 0 Å². The van der Waals surface area contributed by atoms with Crippen LogP contribution in [-0.4, -0.2) is 30.4 Å².